The number of esters is 1. The molecule has 0 N–H and O–H groups in total. The molecule has 0 radical (unpaired) electrons. The topological polar surface area (TPSA) is 26.3 Å². The maximum absolute atomic E-state index is 11.4. The Morgan fingerprint density at radius 3 is 2.60 bits per heavy atom. The summed E-state index contributed by atoms with van der Waals surface area (Å²) in [6.07, 6.45) is 2.68. The minimum absolute atomic E-state index is 0.235. The van der Waals surface area contributed by atoms with Crippen molar-refractivity contribution in [2.45, 2.75) is 20.3 Å². The molecule has 1 aromatic rings. The van der Waals surface area contributed by atoms with E-state index < -0.39 is 0 Å². The minimum atomic E-state index is -0.235. The lowest BCUT2D eigenvalue weighted by molar-refractivity contribution is -0.138. The molecule has 0 saturated heterocycles. The molecule has 0 saturated carbocycles. The van der Waals surface area contributed by atoms with Crippen molar-refractivity contribution in [1.29, 1.82) is 0 Å². The molecular weight excluding hydrogens is 188 g/mol. The van der Waals surface area contributed by atoms with Crippen LogP contribution in [0.2, 0.25) is 0 Å². The van der Waals surface area contributed by atoms with Gasteiger partial charge in [0.05, 0.1) is 6.61 Å². The molecule has 0 spiro atoms. The Morgan fingerprint density at radius 1 is 1.33 bits per heavy atom. The third-order valence-corrected chi connectivity index (χ3v) is 1.94. The van der Waals surface area contributed by atoms with E-state index in [0.717, 1.165) is 12.0 Å². The largest absolute Gasteiger partial charge is 0.462 e. The van der Waals surface area contributed by atoms with Crippen molar-refractivity contribution in [3.63, 3.8) is 0 Å². The van der Waals surface area contributed by atoms with E-state index in [0.29, 0.717) is 12.2 Å². The van der Waals surface area contributed by atoms with Gasteiger partial charge in [-0.1, -0.05) is 37.3 Å². The van der Waals surface area contributed by atoms with Crippen molar-refractivity contribution in [2.75, 3.05) is 6.61 Å². The highest BCUT2D eigenvalue weighted by Crippen LogP contribution is 2.07. The van der Waals surface area contributed by atoms with Gasteiger partial charge in [-0.3, -0.25) is 0 Å². The SMILES string of the molecule is CCCOC(=O)/C(C)=C\c1ccccc1. The number of ether oxygens (including phenoxy) is 1. The van der Waals surface area contributed by atoms with Gasteiger partial charge in [0.25, 0.3) is 0 Å². The normalized spacial score (nSPS) is 11.2. The summed E-state index contributed by atoms with van der Waals surface area (Å²) in [6, 6.07) is 9.74. The lowest BCUT2D eigenvalue weighted by Gasteiger charge is -2.02. The molecule has 80 valence electrons. The van der Waals surface area contributed by atoms with Crippen LogP contribution in [-0.2, 0) is 9.53 Å². The number of rotatable bonds is 4. The van der Waals surface area contributed by atoms with E-state index in [1.807, 2.05) is 43.3 Å². The fraction of sp³-hybridized carbons (Fsp3) is 0.308. The predicted molar refractivity (Wildman–Crippen MR) is 61.3 cm³/mol. The van der Waals surface area contributed by atoms with Gasteiger partial charge in [-0.25, -0.2) is 4.79 Å². The summed E-state index contributed by atoms with van der Waals surface area (Å²) in [6.45, 7) is 4.23. The fourth-order valence-electron chi connectivity index (χ4n) is 1.17. The van der Waals surface area contributed by atoms with Crippen LogP contribution in [0.15, 0.2) is 35.9 Å². The molecule has 1 aromatic carbocycles. The van der Waals surface area contributed by atoms with Crippen molar-refractivity contribution in [1.82, 2.24) is 0 Å². The summed E-state index contributed by atoms with van der Waals surface area (Å²) in [5, 5.41) is 0. The Balaban J connectivity index is 2.63. The molecule has 15 heavy (non-hydrogen) atoms. The second-order valence-electron chi connectivity index (χ2n) is 3.37. The van der Waals surface area contributed by atoms with Crippen molar-refractivity contribution in [3.05, 3.63) is 41.5 Å². The number of hydrogen-bond donors (Lipinski definition) is 0. The quantitative estimate of drug-likeness (QED) is 0.556. The molecule has 1 rings (SSSR count). The van der Waals surface area contributed by atoms with Crippen LogP contribution < -0.4 is 0 Å². The van der Waals surface area contributed by atoms with Crippen molar-refractivity contribution >= 4 is 12.0 Å². The van der Waals surface area contributed by atoms with E-state index in [9.17, 15) is 4.79 Å². The van der Waals surface area contributed by atoms with Crippen LogP contribution in [0.25, 0.3) is 6.08 Å². The molecular formula is C13H16O2. The van der Waals surface area contributed by atoms with Crippen molar-refractivity contribution < 1.29 is 9.53 Å². The van der Waals surface area contributed by atoms with Gasteiger partial charge in [-0.15, -0.1) is 0 Å². The van der Waals surface area contributed by atoms with Gasteiger partial charge in [-0.05, 0) is 25.0 Å². The lowest BCUT2D eigenvalue weighted by atomic mass is 10.1. The van der Waals surface area contributed by atoms with Crippen LogP contribution in [0, 0.1) is 0 Å². The molecule has 2 nitrogen and oxygen atoms in total. The molecule has 0 amide bonds. The zero-order valence-corrected chi connectivity index (χ0v) is 9.19. The van der Waals surface area contributed by atoms with E-state index in [1.165, 1.54) is 0 Å². The van der Waals surface area contributed by atoms with Crippen molar-refractivity contribution in [3.8, 4) is 0 Å². The van der Waals surface area contributed by atoms with E-state index in [1.54, 1.807) is 6.92 Å². The summed E-state index contributed by atoms with van der Waals surface area (Å²) < 4.78 is 5.02. The standard InChI is InChI=1S/C13H16O2/c1-3-9-15-13(14)11(2)10-12-7-5-4-6-8-12/h4-8,10H,3,9H2,1-2H3/b11-10-. The second kappa shape index (κ2) is 6.02. The van der Waals surface area contributed by atoms with Gasteiger partial charge < -0.3 is 4.74 Å². The third-order valence-electron chi connectivity index (χ3n) is 1.94. The lowest BCUT2D eigenvalue weighted by Crippen LogP contribution is -2.06. The first kappa shape index (κ1) is 11.5. The Labute approximate surface area is 90.6 Å². The zero-order valence-electron chi connectivity index (χ0n) is 9.19. The number of carbonyl (C=O) groups is 1. The first-order valence-electron chi connectivity index (χ1n) is 5.14. The summed E-state index contributed by atoms with van der Waals surface area (Å²) >= 11 is 0. The highest BCUT2D eigenvalue weighted by Gasteiger charge is 2.04. The molecule has 0 fully saturated rings. The molecule has 0 bridgehead atoms. The summed E-state index contributed by atoms with van der Waals surface area (Å²) in [5.41, 5.74) is 1.65. The predicted octanol–water partition coefficient (Wildman–Crippen LogP) is 3.04. The Bertz CT molecular complexity index is 339. The summed E-state index contributed by atoms with van der Waals surface area (Å²) in [4.78, 5) is 11.4. The van der Waals surface area contributed by atoms with Gasteiger partial charge >= 0.3 is 5.97 Å². The number of carbonyl (C=O) groups excluding carboxylic acids is 1. The van der Waals surface area contributed by atoms with Crippen LogP contribution in [0.4, 0.5) is 0 Å². The van der Waals surface area contributed by atoms with Gasteiger partial charge in [0.1, 0.15) is 0 Å². The van der Waals surface area contributed by atoms with Gasteiger partial charge in [-0.2, -0.15) is 0 Å². The average molecular weight is 204 g/mol. The smallest absolute Gasteiger partial charge is 0.333 e. The summed E-state index contributed by atoms with van der Waals surface area (Å²) in [7, 11) is 0. The third kappa shape index (κ3) is 3.98. The fourth-order valence-corrected chi connectivity index (χ4v) is 1.17. The van der Waals surface area contributed by atoms with Crippen LogP contribution in [0.3, 0.4) is 0 Å². The monoisotopic (exact) mass is 204 g/mol. The van der Waals surface area contributed by atoms with Crippen LogP contribution in [0.1, 0.15) is 25.8 Å². The van der Waals surface area contributed by atoms with Crippen LogP contribution in [-0.4, -0.2) is 12.6 Å². The molecule has 0 heterocycles. The van der Waals surface area contributed by atoms with E-state index in [4.69, 9.17) is 4.74 Å². The number of benzene rings is 1. The molecule has 0 aliphatic heterocycles. The maximum Gasteiger partial charge on any atom is 0.333 e. The van der Waals surface area contributed by atoms with Gasteiger partial charge in [0.2, 0.25) is 0 Å². The van der Waals surface area contributed by atoms with Gasteiger partial charge in [0, 0.05) is 5.57 Å². The Morgan fingerprint density at radius 2 is 2.00 bits per heavy atom. The van der Waals surface area contributed by atoms with Gasteiger partial charge in [0.15, 0.2) is 0 Å². The number of hydrogen-bond acceptors (Lipinski definition) is 2. The second-order valence-corrected chi connectivity index (χ2v) is 3.37. The highest BCUT2D eigenvalue weighted by molar-refractivity contribution is 5.92. The Hall–Kier alpha value is -1.57. The van der Waals surface area contributed by atoms with Crippen molar-refractivity contribution in [2.24, 2.45) is 0 Å². The molecule has 0 aliphatic rings. The van der Waals surface area contributed by atoms with Crippen LogP contribution in [0.5, 0.6) is 0 Å². The minimum Gasteiger partial charge on any atom is -0.462 e. The highest BCUT2D eigenvalue weighted by atomic mass is 16.5. The molecule has 0 aliphatic carbocycles. The molecule has 2 heteroatoms. The maximum atomic E-state index is 11.4. The Kier molecular flexibility index (Phi) is 4.61. The first-order valence-corrected chi connectivity index (χ1v) is 5.14. The van der Waals surface area contributed by atoms with Crippen LogP contribution >= 0.6 is 0 Å². The molecule has 0 aromatic heterocycles. The first-order chi connectivity index (χ1) is 7.24. The molecule has 0 atom stereocenters. The van der Waals surface area contributed by atoms with E-state index in [-0.39, 0.29) is 5.97 Å². The summed E-state index contributed by atoms with van der Waals surface area (Å²) in [5.74, 6) is -0.235. The average Bonchev–Trinajstić information content (AvgIpc) is 2.27. The zero-order chi connectivity index (χ0) is 11.1. The molecule has 0 unspecified atom stereocenters. The van der Waals surface area contributed by atoms with E-state index in [2.05, 4.69) is 0 Å². The van der Waals surface area contributed by atoms with E-state index >= 15 is 0 Å².